The van der Waals surface area contributed by atoms with E-state index in [4.69, 9.17) is 32.0 Å². The predicted molar refractivity (Wildman–Crippen MR) is 96.6 cm³/mol. The van der Waals surface area contributed by atoms with E-state index in [9.17, 15) is 4.79 Å². The summed E-state index contributed by atoms with van der Waals surface area (Å²) in [7, 11) is 0. The number of furan rings is 2. The Morgan fingerprint density at radius 3 is 1.96 bits per heavy atom. The number of nitrogens with zero attached hydrogens (tertiary/aromatic N) is 1. The van der Waals surface area contributed by atoms with Gasteiger partial charge in [0.2, 0.25) is 5.91 Å². The molecule has 0 aliphatic carbocycles. The van der Waals surface area contributed by atoms with Crippen molar-refractivity contribution < 1.29 is 13.6 Å². The fourth-order valence-corrected chi connectivity index (χ4v) is 2.90. The molecule has 0 spiro atoms. The van der Waals surface area contributed by atoms with E-state index in [1.165, 1.54) is 0 Å². The molecule has 3 aromatic rings. The Balaban J connectivity index is 1.69. The maximum absolute atomic E-state index is 12.5. The number of nitrogens with one attached hydrogen (secondary N) is 1. The van der Waals surface area contributed by atoms with Gasteiger partial charge in [-0.05, 0) is 36.4 Å². The molecule has 5 nitrogen and oxygen atoms in total. The molecule has 1 amide bonds. The maximum atomic E-state index is 12.5. The highest BCUT2D eigenvalue weighted by atomic mass is 35.5. The highest BCUT2D eigenvalue weighted by Crippen LogP contribution is 2.29. The van der Waals surface area contributed by atoms with Crippen molar-refractivity contribution in [3.05, 3.63) is 76.6 Å². The van der Waals surface area contributed by atoms with E-state index in [0.29, 0.717) is 28.8 Å². The van der Waals surface area contributed by atoms with Crippen LogP contribution in [0, 0.1) is 0 Å². The van der Waals surface area contributed by atoms with Crippen LogP contribution >= 0.6 is 23.2 Å². The number of hydrogen-bond donors (Lipinski definition) is 1. The molecular weight excluding hydrogens is 363 g/mol. The summed E-state index contributed by atoms with van der Waals surface area (Å²) in [5.41, 5.74) is 0.409. The number of carbonyl (C=O) groups is 1. The minimum Gasteiger partial charge on any atom is -0.468 e. The van der Waals surface area contributed by atoms with Crippen LogP contribution < -0.4 is 5.32 Å². The van der Waals surface area contributed by atoms with Gasteiger partial charge in [-0.3, -0.25) is 9.69 Å². The quantitative estimate of drug-likeness (QED) is 0.640. The Hall–Kier alpha value is -2.21. The number of benzene rings is 1. The van der Waals surface area contributed by atoms with Crippen LogP contribution in [0.25, 0.3) is 0 Å². The van der Waals surface area contributed by atoms with E-state index in [1.54, 1.807) is 30.7 Å². The van der Waals surface area contributed by atoms with Gasteiger partial charge in [0.25, 0.3) is 0 Å². The Labute approximate surface area is 155 Å². The van der Waals surface area contributed by atoms with E-state index in [1.807, 2.05) is 29.2 Å². The normalized spacial score (nSPS) is 11.0. The van der Waals surface area contributed by atoms with Crippen molar-refractivity contribution in [3.8, 4) is 0 Å². The third-order valence-corrected chi connectivity index (χ3v) is 4.14. The van der Waals surface area contributed by atoms with Gasteiger partial charge in [0.15, 0.2) is 0 Å². The smallest absolute Gasteiger partial charge is 0.238 e. The van der Waals surface area contributed by atoms with Gasteiger partial charge in [-0.2, -0.15) is 0 Å². The molecule has 0 fully saturated rings. The summed E-state index contributed by atoms with van der Waals surface area (Å²) in [4.78, 5) is 14.4. The van der Waals surface area contributed by atoms with Crippen molar-refractivity contribution in [1.29, 1.82) is 0 Å². The fourth-order valence-electron chi connectivity index (χ4n) is 2.41. The average Bonchev–Trinajstić information content (AvgIpc) is 3.25. The van der Waals surface area contributed by atoms with Gasteiger partial charge in [0.1, 0.15) is 11.5 Å². The molecule has 1 N–H and O–H groups in total. The lowest BCUT2D eigenvalue weighted by Gasteiger charge is -2.20. The Kier molecular flexibility index (Phi) is 5.81. The molecule has 1 aromatic carbocycles. The first-order valence-electron chi connectivity index (χ1n) is 7.63. The molecule has 0 atom stereocenters. The number of para-hydroxylation sites is 1. The van der Waals surface area contributed by atoms with Gasteiger partial charge in [0, 0.05) is 0 Å². The van der Waals surface area contributed by atoms with Crippen LogP contribution in [-0.2, 0) is 17.9 Å². The molecule has 0 radical (unpaired) electrons. The summed E-state index contributed by atoms with van der Waals surface area (Å²) in [6, 6.07) is 12.4. The van der Waals surface area contributed by atoms with Crippen molar-refractivity contribution in [2.75, 3.05) is 11.9 Å². The van der Waals surface area contributed by atoms with E-state index >= 15 is 0 Å². The van der Waals surface area contributed by atoms with Gasteiger partial charge in [-0.15, -0.1) is 0 Å². The lowest BCUT2D eigenvalue weighted by molar-refractivity contribution is -0.117. The lowest BCUT2D eigenvalue weighted by Crippen LogP contribution is -2.32. The van der Waals surface area contributed by atoms with E-state index < -0.39 is 0 Å². The number of carbonyl (C=O) groups excluding carboxylic acids is 1. The largest absolute Gasteiger partial charge is 0.468 e. The van der Waals surface area contributed by atoms with Crippen LogP contribution in [0.5, 0.6) is 0 Å². The zero-order valence-corrected chi connectivity index (χ0v) is 14.8. The number of anilines is 1. The van der Waals surface area contributed by atoms with Gasteiger partial charge >= 0.3 is 0 Å². The zero-order chi connectivity index (χ0) is 17.6. The van der Waals surface area contributed by atoms with Crippen LogP contribution in [0.3, 0.4) is 0 Å². The van der Waals surface area contributed by atoms with Crippen molar-refractivity contribution in [3.63, 3.8) is 0 Å². The van der Waals surface area contributed by atoms with E-state index in [2.05, 4.69) is 5.32 Å². The van der Waals surface area contributed by atoms with Crippen LogP contribution in [0.15, 0.2) is 63.8 Å². The topological polar surface area (TPSA) is 58.6 Å². The van der Waals surface area contributed by atoms with E-state index in [-0.39, 0.29) is 12.5 Å². The monoisotopic (exact) mass is 378 g/mol. The SMILES string of the molecule is O=C(CN(Cc1ccco1)Cc1ccco1)Nc1c(Cl)cccc1Cl. The highest BCUT2D eigenvalue weighted by Gasteiger charge is 2.16. The predicted octanol–water partition coefficient (Wildman–Crippen LogP) is 4.82. The molecule has 0 unspecified atom stereocenters. The highest BCUT2D eigenvalue weighted by molar-refractivity contribution is 6.39. The third-order valence-electron chi connectivity index (χ3n) is 3.51. The molecule has 0 saturated heterocycles. The van der Waals surface area contributed by atoms with Gasteiger partial charge in [-0.25, -0.2) is 0 Å². The molecule has 7 heteroatoms. The van der Waals surface area contributed by atoms with Crippen LogP contribution in [0.4, 0.5) is 5.69 Å². The first kappa shape index (κ1) is 17.6. The van der Waals surface area contributed by atoms with Crippen molar-refractivity contribution >= 4 is 34.8 Å². The second-order valence-electron chi connectivity index (χ2n) is 5.45. The number of halogens is 2. The Bertz CT molecular complexity index is 760. The first-order valence-corrected chi connectivity index (χ1v) is 8.38. The summed E-state index contributed by atoms with van der Waals surface area (Å²) in [5, 5.41) is 3.55. The van der Waals surface area contributed by atoms with Crippen LogP contribution in [0.1, 0.15) is 11.5 Å². The molecule has 130 valence electrons. The summed E-state index contributed by atoms with van der Waals surface area (Å²) in [6.07, 6.45) is 3.20. The van der Waals surface area contributed by atoms with E-state index in [0.717, 1.165) is 11.5 Å². The standard InChI is InChI=1S/C18H16Cl2N2O3/c19-15-6-1-7-16(20)18(15)21-17(23)12-22(10-13-4-2-8-24-13)11-14-5-3-9-25-14/h1-9H,10-12H2,(H,21,23). The second-order valence-corrected chi connectivity index (χ2v) is 6.26. The minimum atomic E-state index is -0.229. The molecule has 25 heavy (non-hydrogen) atoms. The zero-order valence-electron chi connectivity index (χ0n) is 13.2. The number of rotatable bonds is 7. The number of hydrogen-bond acceptors (Lipinski definition) is 4. The van der Waals surface area contributed by atoms with Crippen molar-refractivity contribution in [2.24, 2.45) is 0 Å². The van der Waals surface area contributed by atoms with Crippen LogP contribution in [-0.4, -0.2) is 17.4 Å². The van der Waals surface area contributed by atoms with Gasteiger partial charge in [0.05, 0.1) is 47.9 Å². The maximum Gasteiger partial charge on any atom is 0.238 e. The second kappa shape index (κ2) is 8.25. The first-order chi connectivity index (χ1) is 12.1. The third kappa shape index (κ3) is 4.89. The minimum absolute atomic E-state index is 0.128. The molecule has 2 heterocycles. The molecule has 0 aliphatic rings. The fraction of sp³-hybridized carbons (Fsp3) is 0.167. The summed E-state index contributed by atoms with van der Waals surface area (Å²) >= 11 is 12.2. The summed E-state index contributed by atoms with van der Waals surface area (Å²) < 4.78 is 10.8. The van der Waals surface area contributed by atoms with Crippen molar-refractivity contribution in [2.45, 2.75) is 13.1 Å². The average molecular weight is 379 g/mol. The molecule has 0 saturated carbocycles. The van der Waals surface area contributed by atoms with Crippen LogP contribution in [0.2, 0.25) is 10.0 Å². The number of amides is 1. The molecular formula is C18H16Cl2N2O3. The summed E-state index contributed by atoms with van der Waals surface area (Å²) in [5.74, 6) is 1.29. The molecule has 3 rings (SSSR count). The molecule has 0 bridgehead atoms. The van der Waals surface area contributed by atoms with Crippen molar-refractivity contribution in [1.82, 2.24) is 4.90 Å². The summed E-state index contributed by atoms with van der Waals surface area (Å²) in [6.45, 7) is 1.07. The lowest BCUT2D eigenvalue weighted by atomic mass is 10.3. The Morgan fingerprint density at radius 2 is 1.48 bits per heavy atom. The molecule has 2 aromatic heterocycles. The van der Waals surface area contributed by atoms with Gasteiger partial charge in [-0.1, -0.05) is 29.3 Å². The Morgan fingerprint density at radius 1 is 0.920 bits per heavy atom. The van der Waals surface area contributed by atoms with Gasteiger partial charge < -0.3 is 14.2 Å². The molecule has 0 aliphatic heterocycles.